The molecule has 0 aromatic rings. The minimum atomic E-state index is 0. The molecule has 0 bridgehead atoms. The van der Waals surface area contributed by atoms with Crippen LogP contribution in [0, 0.1) is 5.41 Å². The Hall–Kier alpha value is -0.650. The summed E-state index contributed by atoms with van der Waals surface area (Å²) < 4.78 is 10.9. The van der Waals surface area contributed by atoms with Crippen LogP contribution < -0.4 is 10.6 Å². The van der Waals surface area contributed by atoms with Crippen LogP contribution in [0.1, 0.15) is 26.2 Å². The Bertz CT molecular complexity index is 480. The maximum absolute atomic E-state index is 11.9. The van der Waals surface area contributed by atoms with Crippen molar-refractivity contribution >= 4 is 35.8 Å². The Morgan fingerprint density at radius 1 is 1.25 bits per heavy atom. The molecule has 0 aromatic heterocycles. The summed E-state index contributed by atoms with van der Waals surface area (Å²) in [5.41, 5.74) is 0.327. The molecule has 0 radical (unpaired) electrons. The number of hydrogen-bond donors (Lipinski definition) is 2. The van der Waals surface area contributed by atoms with Crippen molar-refractivity contribution in [2.24, 2.45) is 10.4 Å². The number of carbonyl (C=O) groups excluding carboxylic acids is 1. The van der Waals surface area contributed by atoms with Gasteiger partial charge < -0.3 is 25.0 Å². The van der Waals surface area contributed by atoms with Gasteiger partial charge in [0.1, 0.15) is 6.54 Å². The van der Waals surface area contributed by atoms with Crippen LogP contribution in [-0.2, 0) is 14.3 Å². The lowest BCUT2D eigenvalue weighted by Gasteiger charge is -2.27. The van der Waals surface area contributed by atoms with E-state index in [0.29, 0.717) is 5.41 Å². The van der Waals surface area contributed by atoms with Crippen molar-refractivity contribution in [1.29, 1.82) is 0 Å². The van der Waals surface area contributed by atoms with Crippen LogP contribution in [0.2, 0.25) is 0 Å². The molecule has 2 rings (SSSR count). The lowest BCUT2D eigenvalue weighted by atomic mass is 10.0. The number of guanidine groups is 1. The van der Waals surface area contributed by atoms with Crippen molar-refractivity contribution in [1.82, 2.24) is 20.4 Å². The van der Waals surface area contributed by atoms with E-state index in [-0.39, 0.29) is 36.4 Å². The molecule has 164 valence electrons. The van der Waals surface area contributed by atoms with Crippen LogP contribution in [0.3, 0.4) is 0 Å². The maximum atomic E-state index is 11.9. The van der Waals surface area contributed by atoms with Crippen LogP contribution in [-0.4, -0.2) is 101 Å². The van der Waals surface area contributed by atoms with E-state index in [2.05, 4.69) is 20.5 Å². The highest BCUT2D eigenvalue weighted by molar-refractivity contribution is 14.0. The van der Waals surface area contributed by atoms with Gasteiger partial charge in [0.05, 0.1) is 13.2 Å². The number of carbonyl (C=O) groups is 1. The van der Waals surface area contributed by atoms with Gasteiger partial charge in [0.2, 0.25) is 5.91 Å². The van der Waals surface area contributed by atoms with Gasteiger partial charge in [0, 0.05) is 60.0 Å². The lowest BCUT2D eigenvalue weighted by Crippen LogP contribution is -2.46. The van der Waals surface area contributed by atoms with Crippen molar-refractivity contribution in [3.8, 4) is 0 Å². The third-order valence-electron chi connectivity index (χ3n) is 5.26. The summed E-state index contributed by atoms with van der Waals surface area (Å²) in [6.07, 6.45) is 3.53. The number of morpholine rings is 1. The summed E-state index contributed by atoms with van der Waals surface area (Å²) >= 11 is 0. The average molecular weight is 511 g/mol. The quantitative estimate of drug-likeness (QED) is 0.185. The Morgan fingerprint density at radius 3 is 2.57 bits per heavy atom. The summed E-state index contributed by atoms with van der Waals surface area (Å²) in [4.78, 5) is 20.3. The predicted molar refractivity (Wildman–Crippen MR) is 122 cm³/mol. The topological polar surface area (TPSA) is 78.4 Å². The van der Waals surface area contributed by atoms with Gasteiger partial charge in [-0.05, 0) is 31.6 Å². The number of likely N-dealkylation sites (N-methyl/N-ethyl adjacent to an activating group) is 1. The fourth-order valence-electron chi connectivity index (χ4n) is 3.02. The van der Waals surface area contributed by atoms with Crippen molar-refractivity contribution in [2.75, 3.05) is 79.8 Å². The normalized spacial score (nSPS) is 18.9. The second kappa shape index (κ2) is 13.6. The van der Waals surface area contributed by atoms with E-state index < -0.39 is 0 Å². The molecule has 0 aromatic carbocycles. The number of aliphatic imine (C=N–C) groups is 1. The molecule has 1 saturated heterocycles. The molecule has 0 spiro atoms. The maximum Gasteiger partial charge on any atom is 0.243 e. The third kappa shape index (κ3) is 9.71. The van der Waals surface area contributed by atoms with Gasteiger partial charge in [-0.15, -0.1) is 24.0 Å². The highest BCUT2D eigenvalue weighted by Gasteiger charge is 2.41. The molecule has 9 heteroatoms. The van der Waals surface area contributed by atoms with Crippen molar-refractivity contribution in [2.45, 2.75) is 26.2 Å². The zero-order valence-corrected chi connectivity index (χ0v) is 20.0. The molecule has 1 aliphatic carbocycles. The van der Waals surface area contributed by atoms with Gasteiger partial charge >= 0.3 is 0 Å². The molecule has 0 atom stereocenters. The lowest BCUT2D eigenvalue weighted by molar-refractivity contribution is -0.127. The summed E-state index contributed by atoms with van der Waals surface area (Å²) in [5, 5.41) is 6.83. The molecule has 1 aliphatic heterocycles. The van der Waals surface area contributed by atoms with E-state index in [1.54, 1.807) is 19.0 Å². The molecule has 1 heterocycles. The standard InChI is InChI=1S/C19H37N5O3.HI/c1-4-26-12-7-19(5-6-19)16-22-18(21-15-17(25)23(2)3)20-8-9-24-10-13-27-14-11-24;/h4-16H2,1-3H3,(H2,20,21,22);1H. The Labute approximate surface area is 186 Å². The fourth-order valence-corrected chi connectivity index (χ4v) is 3.02. The number of hydrogen-bond acceptors (Lipinski definition) is 5. The molecular weight excluding hydrogens is 473 g/mol. The number of halogens is 1. The highest BCUT2D eigenvalue weighted by atomic mass is 127. The predicted octanol–water partition coefficient (Wildman–Crippen LogP) is 0.767. The van der Waals surface area contributed by atoms with Crippen molar-refractivity contribution in [3.05, 3.63) is 0 Å². The van der Waals surface area contributed by atoms with E-state index in [0.717, 1.165) is 71.5 Å². The second-order valence-corrected chi connectivity index (χ2v) is 7.63. The minimum absolute atomic E-state index is 0. The first kappa shape index (κ1) is 25.4. The molecule has 2 fully saturated rings. The Morgan fingerprint density at radius 2 is 1.96 bits per heavy atom. The monoisotopic (exact) mass is 511 g/mol. The first-order valence-electron chi connectivity index (χ1n) is 10.1. The SMILES string of the molecule is CCOCCC1(CNC(=NCC(=O)N(C)C)NCCN2CCOCC2)CC1.I. The molecule has 2 N–H and O–H groups in total. The molecule has 28 heavy (non-hydrogen) atoms. The number of ether oxygens (including phenoxy) is 2. The zero-order valence-electron chi connectivity index (χ0n) is 17.7. The molecule has 2 aliphatic rings. The number of amides is 1. The van der Waals surface area contributed by atoms with Crippen LogP contribution in [0.4, 0.5) is 0 Å². The Balaban J connectivity index is 0.00000392. The summed E-state index contributed by atoms with van der Waals surface area (Å²) in [6.45, 7) is 9.95. The van der Waals surface area contributed by atoms with E-state index in [9.17, 15) is 4.79 Å². The second-order valence-electron chi connectivity index (χ2n) is 7.63. The van der Waals surface area contributed by atoms with Crippen LogP contribution in [0.15, 0.2) is 4.99 Å². The zero-order chi connectivity index (χ0) is 19.5. The Kier molecular flexibility index (Phi) is 12.3. The molecule has 1 amide bonds. The number of nitrogens with zero attached hydrogens (tertiary/aromatic N) is 3. The summed E-state index contributed by atoms with van der Waals surface area (Å²) in [7, 11) is 3.51. The summed E-state index contributed by atoms with van der Waals surface area (Å²) in [6, 6.07) is 0. The van der Waals surface area contributed by atoms with E-state index >= 15 is 0 Å². The van der Waals surface area contributed by atoms with Gasteiger partial charge in [-0.3, -0.25) is 9.69 Å². The molecule has 0 unspecified atom stereocenters. The van der Waals surface area contributed by atoms with Crippen LogP contribution in [0.5, 0.6) is 0 Å². The van der Waals surface area contributed by atoms with Crippen LogP contribution in [0.25, 0.3) is 0 Å². The first-order chi connectivity index (χ1) is 13.0. The first-order valence-corrected chi connectivity index (χ1v) is 10.1. The molecule has 1 saturated carbocycles. The van der Waals surface area contributed by atoms with Gasteiger partial charge in [-0.2, -0.15) is 0 Å². The van der Waals surface area contributed by atoms with Crippen LogP contribution >= 0.6 is 24.0 Å². The third-order valence-corrected chi connectivity index (χ3v) is 5.26. The van der Waals surface area contributed by atoms with Gasteiger partial charge in [-0.25, -0.2) is 4.99 Å². The molecular formula is C19H38IN5O3. The largest absolute Gasteiger partial charge is 0.382 e. The smallest absolute Gasteiger partial charge is 0.243 e. The number of nitrogens with one attached hydrogen (secondary N) is 2. The van der Waals surface area contributed by atoms with Gasteiger partial charge in [0.15, 0.2) is 5.96 Å². The number of rotatable bonds is 11. The van der Waals surface area contributed by atoms with Crippen molar-refractivity contribution < 1.29 is 14.3 Å². The van der Waals surface area contributed by atoms with Crippen molar-refractivity contribution in [3.63, 3.8) is 0 Å². The van der Waals surface area contributed by atoms with Gasteiger partial charge in [-0.1, -0.05) is 0 Å². The highest BCUT2D eigenvalue weighted by Crippen LogP contribution is 2.48. The van der Waals surface area contributed by atoms with Gasteiger partial charge in [0.25, 0.3) is 0 Å². The van der Waals surface area contributed by atoms with E-state index in [4.69, 9.17) is 9.47 Å². The van der Waals surface area contributed by atoms with E-state index in [1.807, 2.05) is 6.92 Å². The van der Waals surface area contributed by atoms with E-state index in [1.165, 1.54) is 12.8 Å². The summed E-state index contributed by atoms with van der Waals surface area (Å²) in [5.74, 6) is 0.725. The molecule has 8 nitrogen and oxygen atoms in total. The minimum Gasteiger partial charge on any atom is -0.382 e. The fraction of sp³-hybridized carbons (Fsp3) is 0.895. The average Bonchev–Trinajstić information content (AvgIpc) is 3.44.